The monoisotopic (exact) mass is 287 g/mol. The highest BCUT2D eigenvalue weighted by molar-refractivity contribution is 6.49. The van der Waals surface area contributed by atoms with Crippen LogP contribution >= 0.6 is 34.8 Å². The standard InChI is InChI=1S/C12H8Cl3NO/c1-6-4-9(17)12(16-5-6)7-2-3-8(13)11(15)10(7)14/h2-5,17H,1H3. The van der Waals surface area contributed by atoms with Crippen molar-refractivity contribution in [2.45, 2.75) is 6.92 Å². The molecule has 5 heteroatoms. The summed E-state index contributed by atoms with van der Waals surface area (Å²) in [5, 5.41) is 10.7. The van der Waals surface area contributed by atoms with Gasteiger partial charge in [-0.25, -0.2) is 0 Å². The van der Waals surface area contributed by atoms with Gasteiger partial charge in [-0.1, -0.05) is 34.8 Å². The minimum Gasteiger partial charge on any atom is -0.506 e. The molecule has 0 bridgehead atoms. The Bertz CT molecular complexity index is 584. The second-order valence-corrected chi connectivity index (χ2v) is 4.77. The fraction of sp³-hybridized carbons (Fsp3) is 0.0833. The number of aromatic nitrogens is 1. The van der Waals surface area contributed by atoms with Gasteiger partial charge < -0.3 is 5.11 Å². The minimum absolute atomic E-state index is 0.0605. The summed E-state index contributed by atoms with van der Waals surface area (Å²) < 4.78 is 0. The van der Waals surface area contributed by atoms with E-state index in [1.54, 1.807) is 24.4 Å². The first-order valence-electron chi connectivity index (χ1n) is 4.80. The number of hydrogen-bond acceptors (Lipinski definition) is 2. The number of rotatable bonds is 1. The van der Waals surface area contributed by atoms with Crippen LogP contribution in [0.1, 0.15) is 5.56 Å². The molecule has 1 aromatic carbocycles. The average Bonchev–Trinajstić information content (AvgIpc) is 2.28. The summed E-state index contributed by atoms with van der Waals surface area (Å²) in [5.41, 5.74) is 1.81. The lowest BCUT2D eigenvalue weighted by Gasteiger charge is -2.08. The molecule has 0 radical (unpaired) electrons. The molecule has 1 N–H and O–H groups in total. The fourth-order valence-corrected chi connectivity index (χ4v) is 2.10. The van der Waals surface area contributed by atoms with Crippen molar-refractivity contribution in [1.29, 1.82) is 0 Å². The van der Waals surface area contributed by atoms with Crippen LogP contribution in [0, 0.1) is 6.92 Å². The Balaban J connectivity index is 2.65. The maximum absolute atomic E-state index is 9.83. The highest BCUT2D eigenvalue weighted by atomic mass is 35.5. The number of hydrogen-bond donors (Lipinski definition) is 1. The second kappa shape index (κ2) is 4.73. The van der Waals surface area contributed by atoms with Crippen LogP contribution in [0.15, 0.2) is 24.4 Å². The average molecular weight is 289 g/mol. The van der Waals surface area contributed by atoms with Gasteiger partial charge in [0.25, 0.3) is 0 Å². The van der Waals surface area contributed by atoms with Crippen molar-refractivity contribution in [3.05, 3.63) is 45.0 Å². The Morgan fingerprint density at radius 1 is 1.12 bits per heavy atom. The largest absolute Gasteiger partial charge is 0.506 e. The van der Waals surface area contributed by atoms with Gasteiger partial charge in [0.1, 0.15) is 11.4 Å². The number of pyridine rings is 1. The molecule has 2 nitrogen and oxygen atoms in total. The van der Waals surface area contributed by atoms with Gasteiger partial charge in [-0.15, -0.1) is 0 Å². The molecule has 2 rings (SSSR count). The van der Waals surface area contributed by atoms with Gasteiger partial charge in [-0.3, -0.25) is 4.98 Å². The van der Waals surface area contributed by atoms with Crippen LogP contribution < -0.4 is 0 Å². The van der Waals surface area contributed by atoms with E-state index < -0.39 is 0 Å². The molecule has 88 valence electrons. The van der Waals surface area contributed by atoms with Gasteiger partial charge in [0.2, 0.25) is 0 Å². The lowest BCUT2D eigenvalue weighted by atomic mass is 10.1. The Hall–Kier alpha value is -0.960. The lowest BCUT2D eigenvalue weighted by molar-refractivity contribution is 0.474. The number of nitrogens with zero attached hydrogens (tertiary/aromatic N) is 1. The number of halogens is 3. The molecule has 17 heavy (non-hydrogen) atoms. The van der Waals surface area contributed by atoms with Gasteiger partial charge >= 0.3 is 0 Å². The number of benzene rings is 1. The fourth-order valence-electron chi connectivity index (χ4n) is 1.47. The Kier molecular flexibility index (Phi) is 3.48. The van der Waals surface area contributed by atoms with Crippen molar-refractivity contribution in [2.75, 3.05) is 0 Å². The van der Waals surface area contributed by atoms with E-state index in [0.29, 0.717) is 16.3 Å². The van der Waals surface area contributed by atoms with Crippen LogP contribution in [-0.4, -0.2) is 10.1 Å². The van der Waals surface area contributed by atoms with E-state index >= 15 is 0 Å². The van der Waals surface area contributed by atoms with Crippen LogP contribution in [0.3, 0.4) is 0 Å². The maximum atomic E-state index is 9.83. The molecule has 0 aliphatic heterocycles. The summed E-state index contributed by atoms with van der Waals surface area (Å²) in [6, 6.07) is 4.90. The molecule has 0 amide bonds. The second-order valence-electron chi connectivity index (χ2n) is 3.60. The summed E-state index contributed by atoms with van der Waals surface area (Å²) in [4.78, 5) is 4.14. The predicted molar refractivity (Wildman–Crippen MR) is 71.1 cm³/mol. The van der Waals surface area contributed by atoms with Crippen molar-refractivity contribution < 1.29 is 5.11 Å². The Morgan fingerprint density at radius 2 is 1.82 bits per heavy atom. The molecule has 1 heterocycles. The molecule has 0 saturated carbocycles. The van der Waals surface area contributed by atoms with E-state index in [-0.39, 0.29) is 15.8 Å². The summed E-state index contributed by atoms with van der Waals surface area (Å²) in [6.45, 7) is 1.84. The quantitative estimate of drug-likeness (QED) is 0.770. The minimum atomic E-state index is 0.0605. The molecule has 0 aliphatic carbocycles. The molecule has 0 fully saturated rings. The molecule has 0 saturated heterocycles. The van der Waals surface area contributed by atoms with Crippen LogP contribution in [-0.2, 0) is 0 Å². The third-order valence-electron chi connectivity index (χ3n) is 2.29. The Morgan fingerprint density at radius 3 is 2.47 bits per heavy atom. The van der Waals surface area contributed by atoms with E-state index in [9.17, 15) is 5.11 Å². The zero-order valence-corrected chi connectivity index (χ0v) is 11.1. The SMILES string of the molecule is Cc1cnc(-c2ccc(Cl)c(Cl)c2Cl)c(O)c1. The van der Waals surface area contributed by atoms with E-state index in [4.69, 9.17) is 34.8 Å². The van der Waals surface area contributed by atoms with Crippen LogP contribution in [0.5, 0.6) is 5.75 Å². The molecular weight excluding hydrogens is 280 g/mol. The van der Waals surface area contributed by atoms with Crippen molar-refractivity contribution in [3.8, 4) is 17.0 Å². The molecule has 1 aromatic heterocycles. The normalized spacial score (nSPS) is 10.6. The first kappa shape index (κ1) is 12.5. The van der Waals surface area contributed by atoms with Gasteiger partial charge in [0, 0.05) is 11.8 Å². The summed E-state index contributed by atoms with van der Waals surface area (Å²) >= 11 is 17.9. The van der Waals surface area contributed by atoms with Gasteiger partial charge in [0.05, 0.1) is 15.1 Å². The summed E-state index contributed by atoms with van der Waals surface area (Å²) in [6.07, 6.45) is 1.65. The predicted octanol–water partition coefficient (Wildman–Crippen LogP) is 4.72. The maximum Gasteiger partial charge on any atom is 0.142 e. The molecule has 0 atom stereocenters. The summed E-state index contributed by atoms with van der Waals surface area (Å²) in [7, 11) is 0. The van der Waals surface area contributed by atoms with Crippen molar-refractivity contribution in [2.24, 2.45) is 0 Å². The van der Waals surface area contributed by atoms with Gasteiger partial charge in [-0.2, -0.15) is 0 Å². The van der Waals surface area contributed by atoms with E-state index in [0.717, 1.165) is 5.56 Å². The van der Waals surface area contributed by atoms with E-state index in [1.165, 1.54) is 0 Å². The van der Waals surface area contributed by atoms with Crippen molar-refractivity contribution in [1.82, 2.24) is 4.98 Å². The molecule has 2 aromatic rings. The lowest BCUT2D eigenvalue weighted by Crippen LogP contribution is -1.88. The van der Waals surface area contributed by atoms with E-state index in [1.807, 2.05) is 6.92 Å². The van der Waals surface area contributed by atoms with Crippen molar-refractivity contribution >= 4 is 34.8 Å². The highest BCUT2D eigenvalue weighted by Gasteiger charge is 2.14. The highest BCUT2D eigenvalue weighted by Crippen LogP contribution is 2.39. The smallest absolute Gasteiger partial charge is 0.142 e. The molecule has 0 aliphatic rings. The van der Waals surface area contributed by atoms with E-state index in [2.05, 4.69) is 4.98 Å². The van der Waals surface area contributed by atoms with Gasteiger partial charge in [0.15, 0.2) is 0 Å². The zero-order chi connectivity index (χ0) is 12.6. The van der Waals surface area contributed by atoms with Crippen molar-refractivity contribution in [3.63, 3.8) is 0 Å². The van der Waals surface area contributed by atoms with Crippen LogP contribution in [0.2, 0.25) is 15.1 Å². The zero-order valence-electron chi connectivity index (χ0n) is 8.84. The third-order valence-corrected chi connectivity index (χ3v) is 3.59. The Labute approximate surface area is 114 Å². The molecular formula is C12H8Cl3NO. The third kappa shape index (κ3) is 2.34. The topological polar surface area (TPSA) is 33.1 Å². The van der Waals surface area contributed by atoms with Crippen LogP contribution in [0.25, 0.3) is 11.3 Å². The summed E-state index contributed by atoms with van der Waals surface area (Å²) in [5.74, 6) is 0.0605. The molecule has 0 spiro atoms. The van der Waals surface area contributed by atoms with Crippen LogP contribution in [0.4, 0.5) is 0 Å². The first-order chi connectivity index (χ1) is 8.00. The number of aromatic hydroxyl groups is 1. The first-order valence-corrected chi connectivity index (χ1v) is 5.93. The van der Waals surface area contributed by atoms with Gasteiger partial charge in [-0.05, 0) is 30.7 Å². The molecule has 0 unspecified atom stereocenters. The number of aryl methyl sites for hydroxylation is 1.